The van der Waals surface area contributed by atoms with E-state index < -0.39 is 21.8 Å². The average molecular weight is 345 g/mol. The van der Waals surface area contributed by atoms with Crippen molar-refractivity contribution in [2.45, 2.75) is 18.0 Å². The summed E-state index contributed by atoms with van der Waals surface area (Å²) in [5, 5.41) is 0. The Bertz CT molecular complexity index is 800. The molecule has 1 N–H and O–H groups in total. The number of alkyl halides is 3. The number of methoxy groups -OCH3 is 1. The lowest BCUT2D eigenvalue weighted by Crippen LogP contribution is -2.14. The first-order chi connectivity index (χ1) is 10.6. The summed E-state index contributed by atoms with van der Waals surface area (Å²) in [6.45, 7) is 1.31. The molecule has 0 spiro atoms. The molecular weight excluding hydrogens is 331 g/mol. The standard InChI is InChI=1S/C15H14F3NO3S/c1-10-3-4-11(9-14(10)15(16,17)18)19-23(20,21)13-7-5-12(22-2)6-8-13/h3-9,19H,1-2H3. The van der Waals surface area contributed by atoms with Crippen molar-refractivity contribution in [3.63, 3.8) is 0 Å². The summed E-state index contributed by atoms with van der Waals surface area (Å²) in [5.41, 5.74) is -1.02. The molecule has 8 heteroatoms. The molecule has 0 saturated carbocycles. The van der Waals surface area contributed by atoms with E-state index in [9.17, 15) is 21.6 Å². The molecule has 2 rings (SSSR count). The van der Waals surface area contributed by atoms with Gasteiger partial charge in [-0.1, -0.05) is 6.07 Å². The Kier molecular flexibility index (Phi) is 4.56. The van der Waals surface area contributed by atoms with Crippen LogP contribution in [0.1, 0.15) is 11.1 Å². The number of anilines is 1. The van der Waals surface area contributed by atoms with Gasteiger partial charge in [0.15, 0.2) is 0 Å². The normalized spacial score (nSPS) is 12.0. The predicted molar refractivity (Wildman–Crippen MR) is 80.0 cm³/mol. The SMILES string of the molecule is COc1ccc(S(=O)(=O)Nc2ccc(C)c(C(F)(F)F)c2)cc1. The van der Waals surface area contributed by atoms with Gasteiger partial charge in [0, 0.05) is 5.69 Å². The quantitative estimate of drug-likeness (QED) is 0.916. The van der Waals surface area contributed by atoms with Crippen molar-refractivity contribution >= 4 is 15.7 Å². The van der Waals surface area contributed by atoms with E-state index in [2.05, 4.69) is 4.72 Å². The van der Waals surface area contributed by atoms with Crippen LogP contribution >= 0.6 is 0 Å². The zero-order valence-electron chi connectivity index (χ0n) is 12.3. The van der Waals surface area contributed by atoms with Crippen molar-refractivity contribution in [3.8, 4) is 5.75 Å². The van der Waals surface area contributed by atoms with Crippen molar-refractivity contribution in [3.05, 3.63) is 53.6 Å². The first-order valence-corrected chi connectivity index (χ1v) is 7.96. The highest BCUT2D eigenvalue weighted by Crippen LogP contribution is 2.34. The fraction of sp³-hybridized carbons (Fsp3) is 0.200. The zero-order chi connectivity index (χ0) is 17.3. The van der Waals surface area contributed by atoms with E-state index in [-0.39, 0.29) is 16.1 Å². The van der Waals surface area contributed by atoms with Crippen molar-refractivity contribution in [1.82, 2.24) is 0 Å². The van der Waals surface area contributed by atoms with Gasteiger partial charge in [0.25, 0.3) is 10.0 Å². The molecule has 0 aromatic heterocycles. The molecule has 0 atom stereocenters. The molecule has 0 heterocycles. The largest absolute Gasteiger partial charge is 0.497 e. The van der Waals surface area contributed by atoms with E-state index in [1.165, 1.54) is 50.4 Å². The Morgan fingerprint density at radius 3 is 2.17 bits per heavy atom. The van der Waals surface area contributed by atoms with Crippen LogP contribution in [0, 0.1) is 6.92 Å². The van der Waals surface area contributed by atoms with Gasteiger partial charge >= 0.3 is 6.18 Å². The second-order valence-corrected chi connectivity index (χ2v) is 6.49. The van der Waals surface area contributed by atoms with E-state index in [4.69, 9.17) is 4.74 Å². The molecular formula is C15H14F3NO3S. The summed E-state index contributed by atoms with van der Waals surface area (Å²) in [5.74, 6) is 0.471. The molecule has 23 heavy (non-hydrogen) atoms. The molecule has 2 aromatic carbocycles. The van der Waals surface area contributed by atoms with E-state index in [1.54, 1.807) is 0 Å². The van der Waals surface area contributed by atoms with Crippen molar-refractivity contribution in [1.29, 1.82) is 0 Å². The monoisotopic (exact) mass is 345 g/mol. The fourth-order valence-corrected chi connectivity index (χ4v) is 3.01. The molecule has 0 unspecified atom stereocenters. The smallest absolute Gasteiger partial charge is 0.416 e. The summed E-state index contributed by atoms with van der Waals surface area (Å²) in [4.78, 5) is -0.0765. The van der Waals surface area contributed by atoms with Gasteiger partial charge in [0.1, 0.15) is 5.75 Å². The maximum atomic E-state index is 12.9. The van der Waals surface area contributed by atoms with Crippen LogP contribution in [0.25, 0.3) is 0 Å². The van der Waals surface area contributed by atoms with Crippen molar-refractivity contribution in [2.75, 3.05) is 11.8 Å². The molecule has 0 aliphatic heterocycles. The second-order valence-electron chi connectivity index (χ2n) is 4.81. The van der Waals surface area contributed by atoms with Gasteiger partial charge in [-0.15, -0.1) is 0 Å². The van der Waals surface area contributed by atoms with E-state index in [0.29, 0.717) is 5.75 Å². The van der Waals surface area contributed by atoms with Gasteiger partial charge < -0.3 is 4.74 Å². The number of halogens is 3. The summed E-state index contributed by atoms with van der Waals surface area (Å²) in [6.07, 6.45) is -4.55. The molecule has 2 aromatic rings. The van der Waals surface area contributed by atoms with Crippen LogP contribution in [-0.4, -0.2) is 15.5 Å². The van der Waals surface area contributed by atoms with Crippen LogP contribution < -0.4 is 9.46 Å². The molecule has 0 saturated heterocycles. The van der Waals surface area contributed by atoms with E-state index >= 15 is 0 Å². The average Bonchev–Trinajstić information content (AvgIpc) is 2.48. The highest BCUT2D eigenvalue weighted by atomic mass is 32.2. The number of aryl methyl sites for hydroxylation is 1. The third-order valence-electron chi connectivity index (χ3n) is 3.16. The van der Waals surface area contributed by atoms with Crippen LogP contribution in [0.5, 0.6) is 5.75 Å². The lowest BCUT2D eigenvalue weighted by Gasteiger charge is -2.13. The number of hydrogen-bond acceptors (Lipinski definition) is 3. The van der Waals surface area contributed by atoms with Crippen LogP contribution in [0.2, 0.25) is 0 Å². The lowest BCUT2D eigenvalue weighted by atomic mass is 10.1. The Morgan fingerprint density at radius 2 is 1.65 bits per heavy atom. The fourth-order valence-electron chi connectivity index (χ4n) is 1.96. The number of rotatable bonds is 4. The third-order valence-corrected chi connectivity index (χ3v) is 4.56. The van der Waals surface area contributed by atoms with Crippen LogP contribution in [-0.2, 0) is 16.2 Å². The number of sulfonamides is 1. The summed E-state index contributed by atoms with van der Waals surface area (Å²) in [7, 11) is -2.55. The minimum absolute atomic E-state index is 0.0184. The van der Waals surface area contributed by atoms with Crippen molar-refractivity contribution < 1.29 is 26.3 Å². The Hall–Kier alpha value is -2.22. The number of benzene rings is 2. The van der Waals surface area contributed by atoms with Crippen LogP contribution in [0.3, 0.4) is 0 Å². The van der Waals surface area contributed by atoms with E-state index in [0.717, 1.165) is 6.07 Å². The van der Waals surface area contributed by atoms with Gasteiger partial charge in [0.05, 0.1) is 17.6 Å². The Labute approximate surface area is 132 Å². The maximum absolute atomic E-state index is 12.9. The summed E-state index contributed by atoms with van der Waals surface area (Å²) in [6, 6.07) is 8.78. The van der Waals surface area contributed by atoms with Crippen LogP contribution in [0.15, 0.2) is 47.4 Å². The van der Waals surface area contributed by atoms with Gasteiger partial charge in [-0.05, 0) is 48.9 Å². The topological polar surface area (TPSA) is 55.4 Å². The first kappa shape index (κ1) is 17.1. The molecule has 4 nitrogen and oxygen atoms in total. The summed E-state index contributed by atoms with van der Waals surface area (Å²) >= 11 is 0. The Balaban J connectivity index is 2.33. The third kappa shape index (κ3) is 3.95. The second kappa shape index (κ2) is 6.11. The minimum atomic E-state index is -4.55. The van der Waals surface area contributed by atoms with Crippen LogP contribution in [0.4, 0.5) is 18.9 Å². The molecule has 124 valence electrons. The molecule has 0 fully saturated rings. The Morgan fingerprint density at radius 1 is 1.04 bits per heavy atom. The molecule has 0 radical (unpaired) electrons. The highest BCUT2D eigenvalue weighted by Gasteiger charge is 2.32. The number of nitrogens with one attached hydrogen (secondary N) is 1. The van der Waals surface area contributed by atoms with Gasteiger partial charge in [0.2, 0.25) is 0 Å². The predicted octanol–water partition coefficient (Wildman–Crippen LogP) is 3.82. The zero-order valence-corrected chi connectivity index (χ0v) is 13.1. The first-order valence-electron chi connectivity index (χ1n) is 6.48. The minimum Gasteiger partial charge on any atom is -0.497 e. The lowest BCUT2D eigenvalue weighted by molar-refractivity contribution is -0.138. The highest BCUT2D eigenvalue weighted by molar-refractivity contribution is 7.92. The molecule has 0 bridgehead atoms. The summed E-state index contributed by atoms with van der Waals surface area (Å²) < 4.78 is 70.1. The van der Waals surface area contributed by atoms with Gasteiger partial charge in [-0.2, -0.15) is 13.2 Å². The molecule has 0 aliphatic carbocycles. The molecule has 0 amide bonds. The van der Waals surface area contributed by atoms with Crippen molar-refractivity contribution in [2.24, 2.45) is 0 Å². The maximum Gasteiger partial charge on any atom is 0.416 e. The molecule has 0 aliphatic rings. The number of hydrogen-bond donors (Lipinski definition) is 1. The van der Waals surface area contributed by atoms with E-state index in [1.807, 2.05) is 0 Å². The van der Waals surface area contributed by atoms with Gasteiger partial charge in [-0.25, -0.2) is 8.42 Å². The number of ether oxygens (including phenoxy) is 1. The van der Waals surface area contributed by atoms with Gasteiger partial charge in [-0.3, -0.25) is 4.72 Å².